The molecule has 138 valence electrons. The zero-order chi connectivity index (χ0) is 19.1. The van der Waals surface area contributed by atoms with Gasteiger partial charge in [-0.1, -0.05) is 17.3 Å². The summed E-state index contributed by atoms with van der Waals surface area (Å²) in [7, 11) is 5.76. The Bertz CT molecular complexity index is 804. The summed E-state index contributed by atoms with van der Waals surface area (Å²) in [4.78, 5) is 26.4. The van der Waals surface area contributed by atoms with E-state index in [-0.39, 0.29) is 0 Å². The molecule has 0 aliphatic heterocycles. The molecule has 0 aliphatic carbocycles. The van der Waals surface area contributed by atoms with Gasteiger partial charge in [-0.25, -0.2) is 4.79 Å². The molecule has 0 radical (unpaired) electrons. The lowest BCUT2D eigenvalue weighted by molar-refractivity contribution is 0.0596. The van der Waals surface area contributed by atoms with Crippen LogP contribution in [-0.2, 0) is 9.57 Å². The molecule has 0 bridgehead atoms. The molecule has 0 atom stereocenters. The molecule has 1 aromatic carbocycles. The van der Waals surface area contributed by atoms with Gasteiger partial charge in [-0.2, -0.15) is 9.97 Å². The van der Waals surface area contributed by atoms with E-state index in [4.69, 9.17) is 19.0 Å². The van der Waals surface area contributed by atoms with Crippen LogP contribution in [0.2, 0.25) is 0 Å². The molecule has 0 saturated heterocycles. The second kappa shape index (κ2) is 9.04. The highest BCUT2D eigenvalue weighted by Gasteiger charge is 2.21. The molecule has 0 saturated carbocycles. The Morgan fingerprint density at radius 2 is 1.73 bits per heavy atom. The summed E-state index contributed by atoms with van der Waals surface area (Å²) in [5.74, 6) is 0.211. The maximum atomic E-state index is 12.4. The van der Waals surface area contributed by atoms with Crippen molar-refractivity contribution in [2.24, 2.45) is 5.16 Å². The monoisotopic (exact) mass is 377 g/mol. The van der Waals surface area contributed by atoms with E-state index >= 15 is 0 Å². The maximum Gasteiger partial charge on any atom is 0.339 e. The number of methoxy groups -OCH3 is 3. The molecular formula is C17H19N3O5S. The van der Waals surface area contributed by atoms with Crippen LogP contribution in [0.5, 0.6) is 11.8 Å². The van der Waals surface area contributed by atoms with Crippen LogP contribution in [0.25, 0.3) is 0 Å². The van der Waals surface area contributed by atoms with Crippen LogP contribution >= 0.6 is 11.8 Å². The molecule has 1 aromatic heterocycles. The Balaban J connectivity index is 2.54. The topological polar surface area (TPSA) is 92.1 Å². The first-order chi connectivity index (χ1) is 12.5. The molecule has 0 amide bonds. The highest BCUT2D eigenvalue weighted by atomic mass is 32.2. The fraction of sp³-hybridized carbons (Fsp3) is 0.294. The molecule has 0 unspecified atom stereocenters. The van der Waals surface area contributed by atoms with Gasteiger partial charge in [0.15, 0.2) is 5.16 Å². The lowest BCUT2D eigenvalue weighted by atomic mass is 10.0. The van der Waals surface area contributed by atoms with Gasteiger partial charge in [0.25, 0.3) is 0 Å². The molecule has 26 heavy (non-hydrogen) atoms. The van der Waals surface area contributed by atoms with E-state index in [0.717, 1.165) is 0 Å². The second-order valence-electron chi connectivity index (χ2n) is 4.87. The maximum absolute atomic E-state index is 12.4. The number of rotatable bonds is 7. The Labute approximate surface area is 155 Å². The number of benzene rings is 1. The summed E-state index contributed by atoms with van der Waals surface area (Å²) in [6, 6.07) is 6.91. The lowest BCUT2D eigenvalue weighted by Gasteiger charge is -2.12. The highest BCUT2D eigenvalue weighted by Crippen LogP contribution is 2.33. The normalized spacial score (nSPS) is 11.0. The van der Waals surface area contributed by atoms with Crippen LogP contribution in [-0.4, -0.2) is 50.1 Å². The van der Waals surface area contributed by atoms with Crippen molar-refractivity contribution in [3.63, 3.8) is 0 Å². The molecule has 0 spiro atoms. The average Bonchev–Trinajstić information content (AvgIpc) is 2.67. The molecule has 8 nitrogen and oxygen atoms in total. The quantitative estimate of drug-likeness (QED) is 0.315. The van der Waals surface area contributed by atoms with Crippen molar-refractivity contribution < 1.29 is 23.8 Å². The summed E-state index contributed by atoms with van der Waals surface area (Å²) in [5, 5.41) is 4.27. The number of oxime groups is 1. The molecular weight excluding hydrogens is 358 g/mol. The Morgan fingerprint density at radius 3 is 2.27 bits per heavy atom. The summed E-state index contributed by atoms with van der Waals surface area (Å²) < 4.78 is 15.2. The molecule has 2 aromatic rings. The molecule has 0 fully saturated rings. The molecule has 1 heterocycles. The molecule has 9 heteroatoms. The summed E-state index contributed by atoms with van der Waals surface area (Å²) in [5.41, 5.74) is 1.49. The van der Waals surface area contributed by atoms with E-state index in [0.29, 0.717) is 38.7 Å². The summed E-state index contributed by atoms with van der Waals surface area (Å²) >= 11 is 1.19. The van der Waals surface area contributed by atoms with Crippen LogP contribution in [0.4, 0.5) is 0 Å². The van der Waals surface area contributed by atoms with E-state index in [1.807, 2.05) is 0 Å². The molecule has 0 N–H and O–H groups in total. The van der Waals surface area contributed by atoms with Gasteiger partial charge in [-0.05, 0) is 24.8 Å². The van der Waals surface area contributed by atoms with E-state index in [9.17, 15) is 4.79 Å². The summed E-state index contributed by atoms with van der Waals surface area (Å²) in [6.07, 6.45) is 0. The van der Waals surface area contributed by atoms with Crippen molar-refractivity contribution in [2.45, 2.75) is 17.0 Å². The predicted molar refractivity (Wildman–Crippen MR) is 96.3 cm³/mol. The third kappa shape index (κ3) is 4.42. The van der Waals surface area contributed by atoms with Crippen molar-refractivity contribution in [3.8, 4) is 11.8 Å². The number of hydrogen-bond acceptors (Lipinski definition) is 9. The van der Waals surface area contributed by atoms with Crippen LogP contribution in [0.1, 0.15) is 22.8 Å². The van der Waals surface area contributed by atoms with Gasteiger partial charge >= 0.3 is 5.97 Å². The first-order valence-electron chi connectivity index (χ1n) is 7.48. The van der Waals surface area contributed by atoms with Gasteiger partial charge in [0.05, 0.1) is 38.7 Å². The number of carbonyl (C=O) groups is 1. The third-order valence-corrected chi connectivity index (χ3v) is 4.24. The number of hydrogen-bond donors (Lipinski definition) is 0. The fourth-order valence-corrected chi connectivity index (χ4v) is 3.06. The predicted octanol–water partition coefficient (Wildman–Crippen LogP) is 2.80. The smallest absolute Gasteiger partial charge is 0.339 e. The lowest BCUT2D eigenvalue weighted by Crippen LogP contribution is -2.11. The minimum atomic E-state index is -0.497. The Kier molecular flexibility index (Phi) is 6.79. The van der Waals surface area contributed by atoms with Gasteiger partial charge in [-0.3, -0.25) is 0 Å². The number of carbonyl (C=O) groups excluding carboxylic acids is 1. The van der Waals surface area contributed by atoms with Crippen molar-refractivity contribution in [2.75, 3.05) is 28.4 Å². The minimum Gasteiger partial charge on any atom is -0.481 e. The van der Waals surface area contributed by atoms with Crippen molar-refractivity contribution in [3.05, 3.63) is 35.4 Å². The van der Waals surface area contributed by atoms with Gasteiger partial charge in [0.2, 0.25) is 11.8 Å². The molecule has 0 aliphatic rings. The Hall–Kier alpha value is -2.81. The van der Waals surface area contributed by atoms with Crippen LogP contribution in [0, 0.1) is 0 Å². The largest absolute Gasteiger partial charge is 0.481 e. The summed E-state index contributed by atoms with van der Waals surface area (Å²) in [6.45, 7) is 1.74. The van der Waals surface area contributed by atoms with Crippen LogP contribution in [0.3, 0.4) is 0 Å². The Morgan fingerprint density at radius 1 is 1.08 bits per heavy atom. The van der Waals surface area contributed by atoms with Gasteiger partial charge in [0, 0.05) is 10.5 Å². The van der Waals surface area contributed by atoms with Crippen LogP contribution in [0.15, 0.2) is 39.5 Å². The first kappa shape index (κ1) is 19.5. The number of esters is 1. The van der Waals surface area contributed by atoms with Crippen molar-refractivity contribution in [1.29, 1.82) is 0 Å². The van der Waals surface area contributed by atoms with Crippen molar-refractivity contribution in [1.82, 2.24) is 9.97 Å². The zero-order valence-electron chi connectivity index (χ0n) is 15.1. The van der Waals surface area contributed by atoms with E-state index in [2.05, 4.69) is 15.1 Å². The van der Waals surface area contributed by atoms with E-state index in [1.165, 1.54) is 40.2 Å². The standard InChI is InChI=1S/C17H19N3O5S/c1-10(20-25-5)11-7-6-8-12(15(11)16(21)24-4)26-17-18-13(22-2)9-14(19-17)23-3/h6-9H,1-5H3. The number of nitrogens with zero attached hydrogens (tertiary/aromatic N) is 3. The number of aromatic nitrogens is 2. The zero-order valence-corrected chi connectivity index (χ0v) is 15.9. The second-order valence-corrected chi connectivity index (χ2v) is 5.88. The number of ether oxygens (including phenoxy) is 3. The van der Waals surface area contributed by atoms with Gasteiger partial charge < -0.3 is 19.0 Å². The van der Waals surface area contributed by atoms with E-state index < -0.39 is 5.97 Å². The molecule has 2 rings (SSSR count). The van der Waals surface area contributed by atoms with E-state index in [1.54, 1.807) is 31.2 Å². The average molecular weight is 377 g/mol. The highest BCUT2D eigenvalue weighted by molar-refractivity contribution is 7.99. The van der Waals surface area contributed by atoms with Crippen LogP contribution < -0.4 is 9.47 Å². The van der Waals surface area contributed by atoms with Gasteiger partial charge in [0.1, 0.15) is 7.11 Å². The SMILES string of the molecule is CON=C(C)c1cccc(Sc2nc(OC)cc(OC)n2)c1C(=O)OC. The minimum absolute atomic E-state index is 0.351. The van der Waals surface area contributed by atoms with Gasteiger partial charge in [-0.15, -0.1) is 0 Å². The third-order valence-electron chi connectivity index (χ3n) is 3.31. The fourth-order valence-electron chi connectivity index (χ4n) is 2.15. The first-order valence-corrected chi connectivity index (χ1v) is 8.30. The van der Waals surface area contributed by atoms with Crippen molar-refractivity contribution >= 4 is 23.4 Å².